The van der Waals surface area contributed by atoms with Gasteiger partial charge in [0.15, 0.2) is 6.04 Å². The lowest BCUT2D eigenvalue weighted by Crippen LogP contribution is -2.39. The molecular formula is C20H25F3N6O2. The number of nitrogens with one attached hydrogen (secondary N) is 1. The lowest BCUT2D eigenvalue weighted by atomic mass is 10.0. The van der Waals surface area contributed by atoms with Gasteiger partial charge in [-0.15, -0.1) is 0 Å². The van der Waals surface area contributed by atoms with Crippen LogP contribution in [-0.4, -0.2) is 49.1 Å². The summed E-state index contributed by atoms with van der Waals surface area (Å²) in [5, 5.41) is 11.5. The number of carbonyl (C=O) groups is 1. The number of rotatable bonds is 4. The summed E-state index contributed by atoms with van der Waals surface area (Å²) < 4.78 is 43.0. The maximum absolute atomic E-state index is 13.6. The van der Waals surface area contributed by atoms with E-state index >= 15 is 0 Å². The molecule has 8 nitrogen and oxygen atoms in total. The Kier molecular flexibility index (Phi) is 5.52. The number of hydrogen-bond acceptors (Lipinski definition) is 5. The van der Waals surface area contributed by atoms with E-state index in [0.29, 0.717) is 43.0 Å². The van der Waals surface area contributed by atoms with Crippen molar-refractivity contribution >= 4 is 11.7 Å². The summed E-state index contributed by atoms with van der Waals surface area (Å²) in [6.07, 6.45) is -2.60. The third-order valence-corrected chi connectivity index (χ3v) is 5.98. The van der Waals surface area contributed by atoms with Crippen molar-refractivity contribution in [2.24, 2.45) is 0 Å². The number of carbonyl (C=O) groups excluding carboxylic acids is 1. The van der Waals surface area contributed by atoms with Gasteiger partial charge < -0.3 is 10.2 Å². The molecule has 1 saturated heterocycles. The second-order valence-corrected chi connectivity index (χ2v) is 8.16. The van der Waals surface area contributed by atoms with Crippen molar-refractivity contribution in [3.05, 3.63) is 39.9 Å². The van der Waals surface area contributed by atoms with Crippen molar-refractivity contribution in [1.29, 1.82) is 0 Å². The second-order valence-electron chi connectivity index (χ2n) is 8.16. The first-order valence-corrected chi connectivity index (χ1v) is 10.4. The second kappa shape index (κ2) is 8.01. The Balaban J connectivity index is 1.59. The Morgan fingerprint density at radius 1 is 1.29 bits per heavy atom. The molecule has 1 fully saturated rings. The number of amides is 1. The average Bonchev–Trinajstić information content (AvgIpc) is 3.35. The molecule has 168 valence electrons. The van der Waals surface area contributed by atoms with Gasteiger partial charge in [0.1, 0.15) is 12.4 Å². The van der Waals surface area contributed by atoms with Crippen molar-refractivity contribution in [2.75, 3.05) is 11.9 Å². The van der Waals surface area contributed by atoms with Crippen LogP contribution in [0.25, 0.3) is 0 Å². The van der Waals surface area contributed by atoms with Gasteiger partial charge in [0, 0.05) is 24.7 Å². The molecule has 11 heteroatoms. The number of hydrogen-bond donors (Lipinski definition) is 1. The SMILES string of the molecule is CC[C@@H]1C[C@H](C(F)(F)F)n2nc([C@@H]3CCCN3C(=O)Cn3nc(C)ccc3=O)cc2N1. The molecule has 0 aromatic carbocycles. The van der Waals surface area contributed by atoms with E-state index < -0.39 is 18.3 Å². The minimum Gasteiger partial charge on any atom is -0.367 e. The molecule has 2 aromatic rings. The fraction of sp³-hybridized carbons (Fsp3) is 0.600. The number of aryl methyl sites for hydroxylation is 1. The molecule has 31 heavy (non-hydrogen) atoms. The van der Waals surface area contributed by atoms with E-state index in [1.165, 1.54) is 6.07 Å². The molecule has 0 radical (unpaired) electrons. The van der Waals surface area contributed by atoms with Gasteiger partial charge in [-0.25, -0.2) is 9.36 Å². The van der Waals surface area contributed by atoms with E-state index in [2.05, 4.69) is 15.5 Å². The highest BCUT2D eigenvalue weighted by Gasteiger charge is 2.46. The fourth-order valence-electron chi connectivity index (χ4n) is 4.36. The van der Waals surface area contributed by atoms with Crippen LogP contribution in [0.5, 0.6) is 0 Å². The van der Waals surface area contributed by atoms with Crippen molar-refractivity contribution in [2.45, 2.75) is 70.4 Å². The van der Waals surface area contributed by atoms with Crippen LogP contribution in [0.1, 0.15) is 56.1 Å². The maximum atomic E-state index is 13.6. The highest BCUT2D eigenvalue weighted by Crippen LogP contribution is 2.42. The maximum Gasteiger partial charge on any atom is 0.410 e. The van der Waals surface area contributed by atoms with Crippen molar-refractivity contribution in [1.82, 2.24) is 24.5 Å². The smallest absolute Gasteiger partial charge is 0.367 e. The Hall–Kier alpha value is -2.85. The van der Waals surface area contributed by atoms with Gasteiger partial charge in [-0.2, -0.15) is 23.4 Å². The number of fused-ring (bicyclic) bond motifs is 1. The molecule has 2 aliphatic rings. The molecule has 2 aliphatic heterocycles. The molecule has 4 heterocycles. The monoisotopic (exact) mass is 438 g/mol. The van der Waals surface area contributed by atoms with Gasteiger partial charge in [0.05, 0.1) is 17.4 Å². The highest BCUT2D eigenvalue weighted by atomic mass is 19.4. The highest BCUT2D eigenvalue weighted by molar-refractivity contribution is 5.76. The molecule has 1 N–H and O–H groups in total. The van der Waals surface area contributed by atoms with E-state index in [1.54, 1.807) is 24.0 Å². The molecular weight excluding hydrogens is 413 g/mol. The molecule has 2 aromatic heterocycles. The number of likely N-dealkylation sites (tertiary alicyclic amines) is 1. The summed E-state index contributed by atoms with van der Waals surface area (Å²) in [7, 11) is 0. The van der Waals surface area contributed by atoms with Crippen LogP contribution < -0.4 is 10.9 Å². The van der Waals surface area contributed by atoms with Crippen molar-refractivity contribution in [3.63, 3.8) is 0 Å². The van der Waals surface area contributed by atoms with Gasteiger partial charge in [0.2, 0.25) is 5.91 Å². The first-order valence-electron chi connectivity index (χ1n) is 10.4. The van der Waals surface area contributed by atoms with Crippen molar-refractivity contribution < 1.29 is 18.0 Å². The van der Waals surface area contributed by atoms with E-state index in [1.807, 2.05) is 6.92 Å². The molecule has 0 bridgehead atoms. The van der Waals surface area contributed by atoms with Crippen LogP contribution in [-0.2, 0) is 11.3 Å². The molecule has 4 rings (SSSR count). The quantitative estimate of drug-likeness (QED) is 0.794. The Morgan fingerprint density at radius 2 is 2.06 bits per heavy atom. The number of anilines is 1. The summed E-state index contributed by atoms with van der Waals surface area (Å²) in [5.41, 5.74) is 0.667. The van der Waals surface area contributed by atoms with Crippen LogP contribution in [0.2, 0.25) is 0 Å². The van der Waals surface area contributed by atoms with Gasteiger partial charge >= 0.3 is 6.18 Å². The number of halogens is 3. The third kappa shape index (κ3) is 4.17. The predicted molar refractivity (Wildman–Crippen MR) is 107 cm³/mol. The Morgan fingerprint density at radius 3 is 2.77 bits per heavy atom. The zero-order chi connectivity index (χ0) is 22.3. The van der Waals surface area contributed by atoms with Gasteiger partial charge in [0.25, 0.3) is 5.56 Å². The summed E-state index contributed by atoms with van der Waals surface area (Å²) in [6, 6.07) is 2.14. The lowest BCUT2D eigenvalue weighted by Gasteiger charge is -2.32. The van der Waals surface area contributed by atoms with Crippen LogP contribution in [0, 0.1) is 6.92 Å². The minimum atomic E-state index is -4.41. The molecule has 0 saturated carbocycles. The van der Waals surface area contributed by atoms with Crippen LogP contribution in [0.4, 0.5) is 19.0 Å². The zero-order valence-electron chi connectivity index (χ0n) is 17.4. The first-order chi connectivity index (χ1) is 14.7. The minimum absolute atomic E-state index is 0.0800. The standard InChI is InChI=1S/C20H25F3N6O2/c1-3-13-9-16(20(21,22)23)29-17(24-13)10-14(26-29)15-5-4-8-27(15)19(31)11-28-18(30)7-6-12(2)25-28/h6-7,10,13,15-16,24H,3-5,8-9,11H2,1-2H3/t13-,15+,16-/m1/s1. The first kappa shape index (κ1) is 21.4. The number of nitrogens with zero attached hydrogens (tertiary/aromatic N) is 5. The van der Waals surface area contributed by atoms with Crippen LogP contribution in [0.3, 0.4) is 0 Å². The van der Waals surface area contributed by atoms with E-state index in [0.717, 1.165) is 9.36 Å². The summed E-state index contributed by atoms with van der Waals surface area (Å²) in [6.45, 7) is 3.81. The van der Waals surface area contributed by atoms with E-state index in [-0.39, 0.29) is 30.5 Å². The molecule has 0 unspecified atom stereocenters. The topological polar surface area (TPSA) is 85.1 Å². The predicted octanol–water partition coefficient (Wildman–Crippen LogP) is 2.81. The van der Waals surface area contributed by atoms with E-state index in [4.69, 9.17) is 0 Å². The Bertz CT molecular complexity index is 1030. The zero-order valence-corrected chi connectivity index (χ0v) is 17.4. The molecule has 0 spiro atoms. The van der Waals surface area contributed by atoms with E-state index in [9.17, 15) is 22.8 Å². The van der Waals surface area contributed by atoms with Gasteiger partial charge in [-0.1, -0.05) is 6.92 Å². The Labute approximate surface area is 177 Å². The lowest BCUT2D eigenvalue weighted by molar-refractivity contribution is -0.173. The number of aromatic nitrogens is 4. The fourth-order valence-corrected chi connectivity index (χ4v) is 4.36. The molecule has 1 amide bonds. The van der Waals surface area contributed by atoms with Crippen LogP contribution >= 0.6 is 0 Å². The number of alkyl halides is 3. The van der Waals surface area contributed by atoms with Crippen LogP contribution in [0.15, 0.2) is 23.0 Å². The average molecular weight is 438 g/mol. The third-order valence-electron chi connectivity index (χ3n) is 5.98. The molecule has 3 atom stereocenters. The van der Waals surface area contributed by atoms with Crippen molar-refractivity contribution in [3.8, 4) is 0 Å². The summed E-state index contributed by atoms with van der Waals surface area (Å²) >= 11 is 0. The normalized spacial score (nSPS) is 23.5. The largest absolute Gasteiger partial charge is 0.410 e. The van der Waals surface area contributed by atoms with Gasteiger partial charge in [-0.3, -0.25) is 9.59 Å². The molecule has 0 aliphatic carbocycles. The summed E-state index contributed by atoms with van der Waals surface area (Å²) in [5.74, 6) is 0.0201. The summed E-state index contributed by atoms with van der Waals surface area (Å²) in [4.78, 5) is 26.5. The van der Waals surface area contributed by atoms with Gasteiger partial charge in [-0.05, 0) is 38.7 Å².